The minimum atomic E-state index is 0.640. The van der Waals surface area contributed by atoms with Crippen molar-refractivity contribution < 1.29 is 0 Å². The molecule has 0 spiro atoms. The summed E-state index contributed by atoms with van der Waals surface area (Å²) in [5.74, 6) is 1.93. The molecule has 11 aromatic rings. The maximum atomic E-state index is 5.21. The Morgan fingerprint density at radius 1 is 0.246 bits per heavy atom. The fourth-order valence-corrected chi connectivity index (χ4v) is 9.49. The van der Waals surface area contributed by atoms with Gasteiger partial charge in [0.05, 0.1) is 0 Å². The summed E-state index contributed by atoms with van der Waals surface area (Å²) in [5, 5.41) is 7.29. The van der Waals surface area contributed by atoms with Crippen LogP contribution in [0.2, 0.25) is 0 Å². The van der Waals surface area contributed by atoms with Gasteiger partial charge in [-0.3, -0.25) is 0 Å². The highest BCUT2D eigenvalue weighted by atomic mass is 32.1. The van der Waals surface area contributed by atoms with Crippen LogP contribution in [0.5, 0.6) is 0 Å². The predicted octanol–water partition coefficient (Wildman–Crippen LogP) is 14.5. The molecule has 2 aromatic heterocycles. The van der Waals surface area contributed by atoms with Gasteiger partial charge in [0.1, 0.15) is 0 Å². The molecule has 0 fully saturated rings. The van der Waals surface area contributed by atoms with E-state index < -0.39 is 0 Å². The molecule has 57 heavy (non-hydrogen) atoms. The molecule has 0 bridgehead atoms. The van der Waals surface area contributed by atoms with Crippen molar-refractivity contribution in [3.63, 3.8) is 0 Å². The highest BCUT2D eigenvalue weighted by Gasteiger charge is 2.18. The summed E-state index contributed by atoms with van der Waals surface area (Å²) >= 11 is 1.85. The van der Waals surface area contributed by atoms with E-state index in [0.717, 1.165) is 27.5 Å². The summed E-state index contributed by atoms with van der Waals surface area (Å²) in [6, 6.07) is 71.0. The standard InChI is InChI=1S/C53H33N3S/c1-3-14-34(15-4-1)38-30-31-44(41-19-8-7-18-40(38)41)45-32-33-48(43-21-10-9-20-42(43)45)53-55-51(36-16-5-2-6-17-36)54-52(56-53)37-28-26-35(27-29-37)39-23-13-24-47-46-22-11-12-25-49(46)57-50(39)47/h1-33H. The maximum Gasteiger partial charge on any atom is 0.164 e. The normalized spacial score (nSPS) is 11.5. The highest BCUT2D eigenvalue weighted by Crippen LogP contribution is 2.42. The van der Waals surface area contributed by atoms with E-state index in [1.807, 2.05) is 29.5 Å². The monoisotopic (exact) mass is 743 g/mol. The molecule has 9 aromatic carbocycles. The number of aromatic nitrogens is 3. The third-order valence-corrected chi connectivity index (χ3v) is 12.2. The molecule has 2 heterocycles. The average molecular weight is 744 g/mol. The molecule has 0 radical (unpaired) electrons. The van der Waals surface area contributed by atoms with E-state index in [1.54, 1.807) is 0 Å². The van der Waals surface area contributed by atoms with Crippen molar-refractivity contribution in [2.45, 2.75) is 0 Å². The molecule has 0 amide bonds. The summed E-state index contributed by atoms with van der Waals surface area (Å²) in [7, 11) is 0. The first-order valence-electron chi connectivity index (χ1n) is 19.2. The first-order chi connectivity index (χ1) is 28.3. The molecule has 0 saturated carbocycles. The van der Waals surface area contributed by atoms with E-state index in [1.165, 1.54) is 64.3 Å². The molecule has 4 heteroatoms. The van der Waals surface area contributed by atoms with E-state index in [2.05, 4.69) is 182 Å². The Hall–Kier alpha value is -7.27. The number of hydrogen-bond acceptors (Lipinski definition) is 4. The summed E-state index contributed by atoms with van der Waals surface area (Å²) in [6.07, 6.45) is 0. The maximum absolute atomic E-state index is 5.21. The minimum Gasteiger partial charge on any atom is -0.208 e. The first kappa shape index (κ1) is 33.1. The Kier molecular flexibility index (Phi) is 8.01. The van der Waals surface area contributed by atoms with Crippen molar-refractivity contribution in [2.75, 3.05) is 0 Å². The predicted molar refractivity (Wildman–Crippen MR) is 240 cm³/mol. The average Bonchev–Trinajstić information content (AvgIpc) is 3.68. The number of benzene rings is 9. The van der Waals surface area contributed by atoms with Gasteiger partial charge in [0, 0.05) is 36.9 Å². The molecule has 0 aliphatic carbocycles. The van der Waals surface area contributed by atoms with Crippen LogP contribution < -0.4 is 0 Å². The number of rotatable bonds is 6. The van der Waals surface area contributed by atoms with Crippen LogP contribution >= 0.6 is 11.3 Å². The molecule has 0 aliphatic rings. The van der Waals surface area contributed by atoms with Crippen molar-refractivity contribution in [1.29, 1.82) is 0 Å². The van der Waals surface area contributed by atoms with E-state index >= 15 is 0 Å². The Labute approximate surface area is 334 Å². The van der Waals surface area contributed by atoms with Gasteiger partial charge >= 0.3 is 0 Å². The Bertz CT molecular complexity index is 3280. The summed E-state index contributed by atoms with van der Waals surface area (Å²) < 4.78 is 2.60. The van der Waals surface area contributed by atoms with Gasteiger partial charge in [-0.15, -0.1) is 11.3 Å². The second-order valence-corrected chi connectivity index (χ2v) is 15.4. The van der Waals surface area contributed by atoms with Gasteiger partial charge in [-0.2, -0.15) is 0 Å². The van der Waals surface area contributed by atoms with Crippen molar-refractivity contribution >= 4 is 53.1 Å². The van der Waals surface area contributed by atoms with Crippen LogP contribution in [0.4, 0.5) is 0 Å². The van der Waals surface area contributed by atoms with Crippen molar-refractivity contribution in [3.05, 3.63) is 200 Å². The lowest BCUT2D eigenvalue weighted by Crippen LogP contribution is -2.01. The molecular formula is C53H33N3S. The van der Waals surface area contributed by atoms with Crippen molar-refractivity contribution in [2.24, 2.45) is 0 Å². The lowest BCUT2D eigenvalue weighted by Gasteiger charge is -2.16. The Morgan fingerprint density at radius 2 is 0.667 bits per heavy atom. The summed E-state index contributed by atoms with van der Waals surface area (Å²) in [4.78, 5) is 15.4. The second kappa shape index (κ2) is 13.8. The van der Waals surface area contributed by atoms with Gasteiger partial charge in [0.25, 0.3) is 0 Å². The van der Waals surface area contributed by atoms with Gasteiger partial charge in [-0.1, -0.05) is 188 Å². The van der Waals surface area contributed by atoms with Gasteiger partial charge < -0.3 is 0 Å². The lowest BCUT2D eigenvalue weighted by atomic mass is 9.89. The highest BCUT2D eigenvalue weighted by molar-refractivity contribution is 7.26. The smallest absolute Gasteiger partial charge is 0.164 e. The van der Waals surface area contributed by atoms with Gasteiger partial charge in [0.2, 0.25) is 0 Å². The van der Waals surface area contributed by atoms with Crippen molar-refractivity contribution in [1.82, 2.24) is 15.0 Å². The van der Waals surface area contributed by atoms with Crippen LogP contribution in [0.1, 0.15) is 0 Å². The van der Waals surface area contributed by atoms with Crippen LogP contribution in [0, 0.1) is 0 Å². The molecular weight excluding hydrogens is 711 g/mol. The van der Waals surface area contributed by atoms with Crippen LogP contribution in [0.25, 0.3) is 109 Å². The van der Waals surface area contributed by atoms with E-state index in [9.17, 15) is 0 Å². The van der Waals surface area contributed by atoms with Crippen LogP contribution in [-0.2, 0) is 0 Å². The molecule has 3 nitrogen and oxygen atoms in total. The largest absolute Gasteiger partial charge is 0.208 e. The second-order valence-electron chi connectivity index (χ2n) is 14.3. The fourth-order valence-electron chi connectivity index (χ4n) is 8.25. The summed E-state index contributed by atoms with van der Waals surface area (Å²) in [5.41, 5.74) is 10.1. The molecule has 0 unspecified atom stereocenters. The number of fused-ring (bicyclic) bond motifs is 5. The third kappa shape index (κ3) is 5.78. The molecule has 0 aliphatic heterocycles. The molecule has 0 atom stereocenters. The Morgan fingerprint density at radius 3 is 1.32 bits per heavy atom. The molecule has 266 valence electrons. The van der Waals surface area contributed by atoms with Crippen LogP contribution in [0.15, 0.2) is 200 Å². The SMILES string of the molecule is c1ccc(-c2nc(-c3ccc(-c4cccc5c4sc4ccccc45)cc3)nc(-c3ccc(-c4ccc(-c5ccccc5)c5ccccc45)c4ccccc34)n2)cc1. The quantitative estimate of drug-likeness (QED) is 0.170. The molecule has 11 rings (SSSR count). The van der Waals surface area contributed by atoms with E-state index in [4.69, 9.17) is 15.0 Å². The number of thiophene rings is 1. The third-order valence-electron chi connectivity index (χ3n) is 11.0. The zero-order chi connectivity index (χ0) is 37.7. The van der Waals surface area contributed by atoms with Crippen LogP contribution in [0.3, 0.4) is 0 Å². The fraction of sp³-hybridized carbons (Fsp3) is 0. The molecule has 0 saturated heterocycles. The van der Waals surface area contributed by atoms with Crippen molar-refractivity contribution in [3.8, 4) is 67.5 Å². The zero-order valence-electron chi connectivity index (χ0n) is 30.8. The first-order valence-corrected chi connectivity index (χ1v) is 20.0. The molecule has 0 N–H and O–H groups in total. The lowest BCUT2D eigenvalue weighted by molar-refractivity contribution is 1.08. The van der Waals surface area contributed by atoms with E-state index in [-0.39, 0.29) is 0 Å². The minimum absolute atomic E-state index is 0.640. The summed E-state index contributed by atoms with van der Waals surface area (Å²) in [6.45, 7) is 0. The van der Waals surface area contributed by atoms with Crippen LogP contribution in [-0.4, -0.2) is 15.0 Å². The number of hydrogen-bond donors (Lipinski definition) is 0. The zero-order valence-corrected chi connectivity index (χ0v) is 31.6. The Balaban J connectivity index is 1.04. The van der Waals surface area contributed by atoms with Gasteiger partial charge in [0.15, 0.2) is 17.5 Å². The van der Waals surface area contributed by atoms with Gasteiger partial charge in [-0.25, -0.2) is 15.0 Å². The number of nitrogens with zero attached hydrogens (tertiary/aromatic N) is 3. The van der Waals surface area contributed by atoms with E-state index in [0.29, 0.717) is 17.5 Å². The van der Waals surface area contributed by atoms with Gasteiger partial charge in [-0.05, 0) is 67.1 Å². The topological polar surface area (TPSA) is 38.7 Å².